The molecule has 1 aromatic rings. The summed E-state index contributed by atoms with van der Waals surface area (Å²) in [6, 6.07) is 8.30. The Hall–Kier alpha value is -0.820. The maximum atomic E-state index is 5.39. The standard InChI is InChI=1S/C13H19O/c1-4-14-10-11(2)9-13-8-6-5-7-12(13)3/h5-8,11H,3-4,9-10H2,1-2H3. The molecule has 1 radical (unpaired) electrons. The molecule has 0 aliphatic carbocycles. The van der Waals surface area contributed by atoms with Gasteiger partial charge in [-0.25, -0.2) is 0 Å². The highest BCUT2D eigenvalue weighted by Crippen LogP contribution is 2.13. The van der Waals surface area contributed by atoms with Gasteiger partial charge >= 0.3 is 0 Å². The first-order chi connectivity index (χ1) is 6.74. The SMILES string of the molecule is [CH2]c1ccccc1CC(C)COCC. The van der Waals surface area contributed by atoms with E-state index in [1.807, 2.05) is 13.0 Å². The van der Waals surface area contributed by atoms with Crippen LogP contribution in [-0.4, -0.2) is 13.2 Å². The van der Waals surface area contributed by atoms with Crippen molar-refractivity contribution < 1.29 is 4.74 Å². The van der Waals surface area contributed by atoms with Gasteiger partial charge in [-0.1, -0.05) is 31.2 Å². The van der Waals surface area contributed by atoms with Crippen molar-refractivity contribution in [3.8, 4) is 0 Å². The number of hydrogen-bond donors (Lipinski definition) is 0. The summed E-state index contributed by atoms with van der Waals surface area (Å²) in [7, 11) is 0. The number of rotatable bonds is 5. The van der Waals surface area contributed by atoms with Gasteiger partial charge in [-0.2, -0.15) is 0 Å². The molecule has 1 atom stereocenters. The molecule has 0 aromatic heterocycles. The predicted molar refractivity (Wildman–Crippen MR) is 60.3 cm³/mol. The van der Waals surface area contributed by atoms with E-state index in [0.29, 0.717) is 5.92 Å². The Morgan fingerprint density at radius 1 is 1.36 bits per heavy atom. The van der Waals surface area contributed by atoms with Crippen molar-refractivity contribution in [2.45, 2.75) is 20.3 Å². The van der Waals surface area contributed by atoms with Crippen molar-refractivity contribution >= 4 is 0 Å². The van der Waals surface area contributed by atoms with Crippen LogP contribution in [0.4, 0.5) is 0 Å². The smallest absolute Gasteiger partial charge is 0.0494 e. The van der Waals surface area contributed by atoms with Crippen LogP contribution in [0, 0.1) is 12.8 Å². The van der Waals surface area contributed by atoms with Crippen molar-refractivity contribution in [3.63, 3.8) is 0 Å². The largest absolute Gasteiger partial charge is 0.381 e. The van der Waals surface area contributed by atoms with Gasteiger partial charge in [0, 0.05) is 13.2 Å². The van der Waals surface area contributed by atoms with E-state index < -0.39 is 0 Å². The third kappa shape index (κ3) is 3.51. The Balaban J connectivity index is 2.47. The summed E-state index contributed by atoms with van der Waals surface area (Å²) in [5, 5.41) is 0. The van der Waals surface area contributed by atoms with Gasteiger partial charge in [0.05, 0.1) is 0 Å². The van der Waals surface area contributed by atoms with Gasteiger partial charge in [-0.15, -0.1) is 0 Å². The molecule has 0 spiro atoms. The molecule has 1 unspecified atom stereocenters. The summed E-state index contributed by atoms with van der Waals surface area (Å²) < 4.78 is 5.39. The van der Waals surface area contributed by atoms with Crippen LogP contribution in [-0.2, 0) is 11.2 Å². The Kier molecular flexibility index (Phi) is 4.68. The Morgan fingerprint density at radius 2 is 2.07 bits per heavy atom. The van der Waals surface area contributed by atoms with Gasteiger partial charge in [-0.3, -0.25) is 0 Å². The molecule has 0 N–H and O–H groups in total. The van der Waals surface area contributed by atoms with Gasteiger partial charge < -0.3 is 4.74 Å². The molecule has 1 heteroatoms. The summed E-state index contributed by atoms with van der Waals surface area (Å²) in [4.78, 5) is 0. The molecular weight excluding hydrogens is 172 g/mol. The Morgan fingerprint density at radius 3 is 2.71 bits per heavy atom. The summed E-state index contributed by atoms with van der Waals surface area (Å²) in [6.07, 6.45) is 1.06. The van der Waals surface area contributed by atoms with Crippen LogP contribution >= 0.6 is 0 Å². The van der Waals surface area contributed by atoms with E-state index in [9.17, 15) is 0 Å². The zero-order valence-corrected chi connectivity index (χ0v) is 9.12. The minimum absolute atomic E-state index is 0.567. The highest BCUT2D eigenvalue weighted by molar-refractivity contribution is 5.29. The first-order valence-electron chi connectivity index (χ1n) is 5.21. The second-order valence-electron chi connectivity index (χ2n) is 3.74. The first-order valence-corrected chi connectivity index (χ1v) is 5.21. The minimum Gasteiger partial charge on any atom is -0.381 e. The monoisotopic (exact) mass is 191 g/mol. The quantitative estimate of drug-likeness (QED) is 0.695. The lowest BCUT2D eigenvalue weighted by Crippen LogP contribution is -2.09. The van der Waals surface area contributed by atoms with Gasteiger partial charge in [-0.05, 0) is 37.3 Å². The molecule has 0 bridgehead atoms. The fourth-order valence-electron chi connectivity index (χ4n) is 1.51. The molecule has 0 aliphatic heterocycles. The van der Waals surface area contributed by atoms with Crippen molar-refractivity contribution in [2.24, 2.45) is 5.92 Å². The second kappa shape index (κ2) is 5.82. The lowest BCUT2D eigenvalue weighted by atomic mass is 9.98. The van der Waals surface area contributed by atoms with Gasteiger partial charge in [0.1, 0.15) is 0 Å². The molecule has 1 nitrogen and oxygen atoms in total. The molecular formula is C13H19O. The van der Waals surface area contributed by atoms with Gasteiger partial charge in [0.25, 0.3) is 0 Å². The summed E-state index contributed by atoms with van der Waals surface area (Å²) >= 11 is 0. The van der Waals surface area contributed by atoms with E-state index in [2.05, 4.69) is 32.0 Å². The lowest BCUT2D eigenvalue weighted by Gasteiger charge is -2.12. The second-order valence-corrected chi connectivity index (χ2v) is 3.74. The van der Waals surface area contributed by atoms with Crippen LogP contribution in [0.15, 0.2) is 24.3 Å². The molecule has 1 aromatic carbocycles. The molecule has 1 rings (SSSR count). The van der Waals surface area contributed by atoms with E-state index in [0.717, 1.165) is 25.2 Å². The fraction of sp³-hybridized carbons (Fsp3) is 0.462. The van der Waals surface area contributed by atoms with Crippen molar-refractivity contribution in [2.75, 3.05) is 13.2 Å². The molecule has 77 valence electrons. The summed E-state index contributed by atoms with van der Waals surface area (Å²) in [5.41, 5.74) is 2.47. The number of benzene rings is 1. The minimum atomic E-state index is 0.567. The van der Waals surface area contributed by atoms with Crippen LogP contribution in [0.3, 0.4) is 0 Å². The molecule has 0 saturated carbocycles. The number of hydrogen-bond acceptors (Lipinski definition) is 1. The van der Waals surface area contributed by atoms with Gasteiger partial charge in [0.2, 0.25) is 0 Å². The van der Waals surface area contributed by atoms with E-state index in [1.165, 1.54) is 5.56 Å². The average Bonchev–Trinajstić information content (AvgIpc) is 2.18. The third-order valence-electron chi connectivity index (χ3n) is 2.29. The van der Waals surface area contributed by atoms with E-state index in [-0.39, 0.29) is 0 Å². The molecule has 0 aliphatic rings. The average molecular weight is 191 g/mol. The predicted octanol–water partition coefficient (Wildman–Crippen LogP) is 3.08. The molecule has 0 saturated heterocycles. The van der Waals surface area contributed by atoms with Crippen molar-refractivity contribution in [1.82, 2.24) is 0 Å². The fourth-order valence-corrected chi connectivity index (χ4v) is 1.51. The Labute approximate surface area is 87.1 Å². The maximum absolute atomic E-state index is 5.39. The van der Waals surface area contributed by atoms with Crippen molar-refractivity contribution in [3.05, 3.63) is 42.3 Å². The molecule has 14 heavy (non-hydrogen) atoms. The zero-order chi connectivity index (χ0) is 10.4. The summed E-state index contributed by atoms with van der Waals surface area (Å²) in [6.45, 7) is 9.89. The number of ether oxygens (including phenoxy) is 1. The molecule has 0 amide bonds. The Bertz CT molecular complexity index is 268. The highest BCUT2D eigenvalue weighted by atomic mass is 16.5. The summed E-state index contributed by atoms with van der Waals surface area (Å²) in [5.74, 6) is 0.567. The lowest BCUT2D eigenvalue weighted by molar-refractivity contribution is 0.116. The van der Waals surface area contributed by atoms with Crippen LogP contribution in [0.25, 0.3) is 0 Å². The van der Waals surface area contributed by atoms with E-state index in [1.54, 1.807) is 0 Å². The topological polar surface area (TPSA) is 9.23 Å². The van der Waals surface area contributed by atoms with Crippen LogP contribution < -0.4 is 0 Å². The van der Waals surface area contributed by atoms with E-state index in [4.69, 9.17) is 4.74 Å². The van der Waals surface area contributed by atoms with Gasteiger partial charge in [0.15, 0.2) is 0 Å². The first kappa shape index (κ1) is 11.3. The molecule has 0 heterocycles. The maximum Gasteiger partial charge on any atom is 0.0494 e. The zero-order valence-electron chi connectivity index (χ0n) is 9.12. The van der Waals surface area contributed by atoms with Crippen molar-refractivity contribution in [1.29, 1.82) is 0 Å². The normalized spacial score (nSPS) is 12.8. The van der Waals surface area contributed by atoms with E-state index >= 15 is 0 Å². The van der Waals surface area contributed by atoms with Crippen LogP contribution in [0.5, 0.6) is 0 Å². The third-order valence-corrected chi connectivity index (χ3v) is 2.29. The highest BCUT2D eigenvalue weighted by Gasteiger charge is 2.04. The van der Waals surface area contributed by atoms with Crippen LogP contribution in [0.2, 0.25) is 0 Å². The molecule has 0 fully saturated rings. The van der Waals surface area contributed by atoms with Crippen LogP contribution in [0.1, 0.15) is 25.0 Å².